The third kappa shape index (κ3) is 1.90. The fourth-order valence-corrected chi connectivity index (χ4v) is 2.09. The van der Waals surface area contributed by atoms with E-state index >= 15 is 0 Å². The van der Waals surface area contributed by atoms with Gasteiger partial charge in [0.05, 0.1) is 0 Å². The van der Waals surface area contributed by atoms with Gasteiger partial charge in [0.1, 0.15) is 0 Å². The van der Waals surface area contributed by atoms with Gasteiger partial charge in [0.15, 0.2) is 0 Å². The number of urea groups is 1. The minimum absolute atomic E-state index is 0.0919. The Morgan fingerprint density at radius 2 is 2.00 bits per heavy atom. The van der Waals surface area contributed by atoms with Gasteiger partial charge in [-0.25, -0.2) is 4.79 Å². The van der Waals surface area contributed by atoms with Crippen LogP contribution < -0.4 is 0 Å². The molecule has 0 spiro atoms. The van der Waals surface area contributed by atoms with Gasteiger partial charge in [-0.05, 0) is 23.1 Å². The molecule has 3 nitrogen and oxygen atoms in total. The van der Waals surface area contributed by atoms with E-state index in [1.54, 1.807) is 19.0 Å². The number of rotatable bonds is 1. The second-order valence-electron chi connectivity index (χ2n) is 4.49. The first kappa shape index (κ1) is 11.0. The Hall–Kier alpha value is -1.51. The summed E-state index contributed by atoms with van der Waals surface area (Å²) < 4.78 is 0. The molecule has 16 heavy (non-hydrogen) atoms. The smallest absolute Gasteiger partial charge is 0.320 e. The van der Waals surface area contributed by atoms with Gasteiger partial charge in [-0.2, -0.15) is 0 Å². The lowest BCUT2D eigenvalue weighted by Crippen LogP contribution is -2.35. The summed E-state index contributed by atoms with van der Waals surface area (Å²) in [6.45, 7) is 3.65. The summed E-state index contributed by atoms with van der Waals surface area (Å²) in [4.78, 5) is 15.3. The minimum Gasteiger partial charge on any atom is -0.331 e. The van der Waals surface area contributed by atoms with Crippen LogP contribution in [0.1, 0.15) is 23.6 Å². The highest BCUT2D eigenvalue weighted by Gasteiger charge is 2.24. The van der Waals surface area contributed by atoms with Crippen molar-refractivity contribution in [2.24, 2.45) is 0 Å². The van der Waals surface area contributed by atoms with E-state index in [9.17, 15) is 4.79 Å². The molecule has 3 heteroatoms. The number of fused-ring (bicyclic) bond motifs is 1. The van der Waals surface area contributed by atoms with Crippen LogP contribution in [0.25, 0.3) is 0 Å². The van der Waals surface area contributed by atoms with Crippen LogP contribution in [0.5, 0.6) is 0 Å². The number of carbonyl (C=O) groups is 1. The van der Waals surface area contributed by atoms with E-state index in [0.717, 1.165) is 19.5 Å². The zero-order valence-electron chi connectivity index (χ0n) is 10.2. The third-order valence-corrected chi connectivity index (χ3v) is 3.05. The Labute approximate surface area is 96.7 Å². The summed E-state index contributed by atoms with van der Waals surface area (Å²) in [5.41, 5.74) is 3.93. The van der Waals surface area contributed by atoms with E-state index in [-0.39, 0.29) is 6.03 Å². The molecule has 1 aromatic rings. The van der Waals surface area contributed by atoms with Crippen LogP contribution in [-0.4, -0.2) is 29.9 Å². The van der Waals surface area contributed by atoms with Gasteiger partial charge < -0.3 is 9.80 Å². The first-order valence-corrected chi connectivity index (χ1v) is 5.68. The molecule has 0 saturated carbocycles. The second kappa shape index (κ2) is 4.16. The van der Waals surface area contributed by atoms with Crippen molar-refractivity contribution in [2.75, 3.05) is 14.1 Å². The number of benzene rings is 1. The molecule has 0 atom stereocenters. The molecule has 1 aromatic carbocycles. The van der Waals surface area contributed by atoms with E-state index in [4.69, 9.17) is 0 Å². The molecule has 86 valence electrons. The summed E-state index contributed by atoms with van der Waals surface area (Å²) in [5.74, 6) is 0. The molecule has 2 rings (SSSR count). The molecule has 0 unspecified atom stereocenters. The lowest BCUT2D eigenvalue weighted by atomic mass is 10.1. The highest BCUT2D eigenvalue weighted by Crippen LogP contribution is 2.24. The van der Waals surface area contributed by atoms with Gasteiger partial charge in [0, 0.05) is 27.2 Å². The number of nitrogens with zero attached hydrogens (tertiary/aromatic N) is 2. The van der Waals surface area contributed by atoms with E-state index in [1.807, 2.05) is 4.90 Å². The van der Waals surface area contributed by atoms with Gasteiger partial charge in [0.2, 0.25) is 0 Å². The lowest BCUT2D eigenvalue weighted by Gasteiger charge is -2.20. The summed E-state index contributed by atoms with van der Waals surface area (Å²) in [7, 11) is 3.59. The average molecular weight is 218 g/mol. The van der Waals surface area contributed by atoms with Gasteiger partial charge >= 0.3 is 6.03 Å². The van der Waals surface area contributed by atoms with Gasteiger partial charge in [-0.15, -0.1) is 0 Å². The fourth-order valence-electron chi connectivity index (χ4n) is 2.09. The van der Waals surface area contributed by atoms with Gasteiger partial charge in [-0.1, -0.05) is 25.1 Å². The molecule has 1 aliphatic rings. The van der Waals surface area contributed by atoms with Crippen molar-refractivity contribution in [1.82, 2.24) is 9.80 Å². The molecule has 0 aromatic heterocycles. The molecule has 0 aliphatic carbocycles. The Morgan fingerprint density at radius 1 is 1.31 bits per heavy atom. The monoisotopic (exact) mass is 218 g/mol. The van der Waals surface area contributed by atoms with E-state index in [0.29, 0.717) is 0 Å². The second-order valence-corrected chi connectivity index (χ2v) is 4.49. The van der Waals surface area contributed by atoms with E-state index < -0.39 is 0 Å². The summed E-state index contributed by atoms with van der Waals surface area (Å²) in [6.07, 6.45) is 1.05. The predicted molar refractivity (Wildman–Crippen MR) is 64.2 cm³/mol. The zero-order valence-corrected chi connectivity index (χ0v) is 10.2. The van der Waals surface area contributed by atoms with Crippen LogP contribution >= 0.6 is 0 Å². The number of amides is 2. The van der Waals surface area contributed by atoms with Crippen molar-refractivity contribution in [3.63, 3.8) is 0 Å². The quantitative estimate of drug-likeness (QED) is 0.709. The highest BCUT2D eigenvalue weighted by atomic mass is 16.2. The Morgan fingerprint density at radius 3 is 2.62 bits per heavy atom. The molecule has 1 heterocycles. The standard InChI is InChI=1S/C13H18N2O/c1-4-10-5-6-11-8-15(9-12(11)7-10)13(16)14(2)3/h5-7H,4,8-9H2,1-3H3. The lowest BCUT2D eigenvalue weighted by molar-refractivity contribution is 0.171. The van der Waals surface area contributed by atoms with Crippen molar-refractivity contribution in [1.29, 1.82) is 0 Å². The van der Waals surface area contributed by atoms with E-state index in [2.05, 4.69) is 25.1 Å². The maximum atomic E-state index is 11.8. The number of carbonyl (C=O) groups excluding carboxylic acids is 1. The summed E-state index contributed by atoms with van der Waals surface area (Å²) >= 11 is 0. The minimum atomic E-state index is 0.0919. The highest BCUT2D eigenvalue weighted by molar-refractivity contribution is 5.74. The van der Waals surface area contributed by atoms with Crippen molar-refractivity contribution >= 4 is 6.03 Å². The molecular formula is C13H18N2O. The Bertz CT molecular complexity index is 412. The molecule has 0 fully saturated rings. The van der Waals surface area contributed by atoms with Crippen LogP contribution in [0.2, 0.25) is 0 Å². The maximum absolute atomic E-state index is 11.8. The van der Waals surface area contributed by atoms with Crippen LogP contribution in [0.15, 0.2) is 18.2 Å². The van der Waals surface area contributed by atoms with Crippen LogP contribution in [-0.2, 0) is 19.5 Å². The SMILES string of the molecule is CCc1ccc2c(c1)CN(C(=O)N(C)C)C2. The van der Waals surface area contributed by atoms with Crippen molar-refractivity contribution in [2.45, 2.75) is 26.4 Å². The van der Waals surface area contributed by atoms with Gasteiger partial charge in [-0.3, -0.25) is 0 Å². The molecular weight excluding hydrogens is 200 g/mol. The van der Waals surface area contributed by atoms with Gasteiger partial charge in [0.25, 0.3) is 0 Å². The van der Waals surface area contributed by atoms with E-state index in [1.165, 1.54) is 16.7 Å². The predicted octanol–water partition coefficient (Wildman–Crippen LogP) is 2.25. The molecule has 0 saturated heterocycles. The average Bonchev–Trinajstić information content (AvgIpc) is 2.69. The zero-order chi connectivity index (χ0) is 11.7. The molecule has 1 aliphatic heterocycles. The normalized spacial score (nSPS) is 13.8. The molecule has 0 bridgehead atoms. The number of aryl methyl sites for hydroxylation is 1. The number of hydrogen-bond donors (Lipinski definition) is 0. The molecule has 0 radical (unpaired) electrons. The summed E-state index contributed by atoms with van der Waals surface area (Å²) in [5, 5.41) is 0. The number of hydrogen-bond acceptors (Lipinski definition) is 1. The Balaban J connectivity index is 2.18. The first-order chi connectivity index (χ1) is 7.61. The topological polar surface area (TPSA) is 23.6 Å². The third-order valence-electron chi connectivity index (χ3n) is 3.05. The summed E-state index contributed by atoms with van der Waals surface area (Å²) in [6, 6.07) is 6.62. The molecule has 2 amide bonds. The van der Waals surface area contributed by atoms with Crippen LogP contribution in [0.4, 0.5) is 4.79 Å². The van der Waals surface area contributed by atoms with Crippen LogP contribution in [0.3, 0.4) is 0 Å². The van der Waals surface area contributed by atoms with Crippen molar-refractivity contribution in [3.8, 4) is 0 Å². The van der Waals surface area contributed by atoms with Crippen LogP contribution in [0, 0.1) is 0 Å². The maximum Gasteiger partial charge on any atom is 0.320 e. The Kier molecular flexibility index (Phi) is 2.86. The van der Waals surface area contributed by atoms with Crippen molar-refractivity contribution < 1.29 is 4.79 Å². The molecule has 0 N–H and O–H groups in total. The first-order valence-electron chi connectivity index (χ1n) is 5.68. The van der Waals surface area contributed by atoms with Crippen molar-refractivity contribution in [3.05, 3.63) is 34.9 Å². The largest absolute Gasteiger partial charge is 0.331 e. The fraction of sp³-hybridized carbons (Fsp3) is 0.462.